The Morgan fingerprint density at radius 2 is 1.44 bits per heavy atom. The summed E-state index contributed by atoms with van der Waals surface area (Å²) in [4.78, 5) is 4.65. The molecule has 0 saturated heterocycles. The first kappa shape index (κ1) is 31.5. The van der Waals surface area contributed by atoms with Crippen LogP contribution in [0.1, 0.15) is 96.8 Å². The molecule has 0 aliphatic rings. The summed E-state index contributed by atoms with van der Waals surface area (Å²) < 4.78 is 13.5. The summed E-state index contributed by atoms with van der Waals surface area (Å²) in [7, 11) is 0. The van der Waals surface area contributed by atoms with Gasteiger partial charge in [0.15, 0.2) is 0 Å². The Balaban J connectivity index is 2.01. The van der Waals surface area contributed by atoms with Crippen molar-refractivity contribution in [3.8, 4) is 17.0 Å². The number of pyridine rings is 1. The summed E-state index contributed by atoms with van der Waals surface area (Å²) >= 11 is -2.39. The number of rotatable bonds is 15. The van der Waals surface area contributed by atoms with Crippen LogP contribution in [0, 0.1) is 0 Å². The SMILES string of the molecule is CCC[CH2][Sn](/[CH]=C/c1cc(-c2cccnc2OCc2ccccc2)cc(C(C)(C)C)c1)([CH2]CCC)[CH2]CCC. The molecule has 1 heterocycles. The van der Waals surface area contributed by atoms with Gasteiger partial charge in [0.25, 0.3) is 0 Å². The molecule has 210 valence electrons. The van der Waals surface area contributed by atoms with E-state index in [2.05, 4.69) is 105 Å². The van der Waals surface area contributed by atoms with Gasteiger partial charge >= 0.3 is 238 Å². The zero-order valence-corrected chi connectivity index (χ0v) is 28.3. The molecule has 2 nitrogen and oxygen atoms in total. The Morgan fingerprint density at radius 1 is 0.795 bits per heavy atom. The average Bonchev–Trinajstić information content (AvgIpc) is 2.95. The Kier molecular flexibility index (Phi) is 12.6. The van der Waals surface area contributed by atoms with E-state index in [9.17, 15) is 0 Å². The molecule has 1 aromatic heterocycles. The molecule has 0 N–H and O–H groups in total. The van der Waals surface area contributed by atoms with Crippen molar-refractivity contribution in [2.45, 2.75) is 105 Å². The normalized spacial score (nSPS) is 12.3. The number of hydrogen-bond acceptors (Lipinski definition) is 2. The zero-order chi connectivity index (χ0) is 28.1. The minimum atomic E-state index is -2.39. The van der Waals surface area contributed by atoms with Crippen molar-refractivity contribution < 1.29 is 4.74 Å². The van der Waals surface area contributed by atoms with E-state index in [4.69, 9.17) is 4.74 Å². The van der Waals surface area contributed by atoms with Crippen LogP contribution >= 0.6 is 0 Å². The van der Waals surface area contributed by atoms with E-state index < -0.39 is 18.4 Å². The second-order valence-electron chi connectivity index (χ2n) is 12.2. The molecule has 0 aliphatic heterocycles. The van der Waals surface area contributed by atoms with Gasteiger partial charge in [-0.15, -0.1) is 0 Å². The zero-order valence-electron chi connectivity index (χ0n) is 25.4. The first-order valence-corrected chi connectivity index (χ1v) is 23.0. The van der Waals surface area contributed by atoms with Crippen LogP contribution in [-0.2, 0) is 12.0 Å². The van der Waals surface area contributed by atoms with E-state index in [-0.39, 0.29) is 5.41 Å². The molecule has 0 saturated carbocycles. The third-order valence-corrected chi connectivity index (χ3v) is 21.9. The molecule has 0 radical (unpaired) electrons. The molecule has 0 aliphatic carbocycles. The molecule has 0 atom stereocenters. The predicted octanol–water partition coefficient (Wildman–Crippen LogP) is 11.0. The number of hydrogen-bond donors (Lipinski definition) is 0. The third-order valence-electron chi connectivity index (χ3n) is 7.84. The molecule has 3 rings (SSSR count). The van der Waals surface area contributed by atoms with E-state index in [1.165, 1.54) is 68.5 Å². The molecule has 0 spiro atoms. The minimum absolute atomic E-state index is 0.0544. The van der Waals surface area contributed by atoms with Crippen molar-refractivity contribution in [3.05, 3.63) is 87.6 Å². The van der Waals surface area contributed by atoms with Gasteiger partial charge in [-0.1, -0.05) is 6.07 Å². The van der Waals surface area contributed by atoms with Crippen LogP contribution < -0.4 is 4.74 Å². The molecule has 2 aromatic carbocycles. The van der Waals surface area contributed by atoms with Gasteiger partial charge in [0, 0.05) is 0 Å². The predicted molar refractivity (Wildman–Crippen MR) is 173 cm³/mol. The summed E-state index contributed by atoms with van der Waals surface area (Å²) in [5.41, 5.74) is 6.13. The van der Waals surface area contributed by atoms with E-state index in [1.54, 1.807) is 0 Å². The van der Waals surface area contributed by atoms with Gasteiger partial charge in [-0.25, -0.2) is 0 Å². The fourth-order valence-corrected chi connectivity index (χ4v) is 19.5. The van der Waals surface area contributed by atoms with Crippen LogP contribution in [0.25, 0.3) is 17.2 Å². The number of aromatic nitrogens is 1. The molecule has 0 unspecified atom stereocenters. The van der Waals surface area contributed by atoms with Crippen molar-refractivity contribution in [3.63, 3.8) is 0 Å². The van der Waals surface area contributed by atoms with Crippen molar-refractivity contribution in [1.29, 1.82) is 0 Å². The third kappa shape index (κ3) is 9.81. The van der Waals surface area contributed by atoms with Gasteiger partial charge < -0.3 is 0 Å². The van der Waals surface area contributed by atoms with Gasteiger partial charge in [-0.3, -0.25) is 0 Å². The quantitative estimate of drug-likeness (QED) is 0.156. The first-order valence-electron chi connectivity index (χ1n) is 15.3. The molecule has 0 amide bonds. The van der Waals surface area contributed by atoms with Crippen LogP contribution in [0.5, 0.6) is 5.88 Å². The summed E-state index contributed by atoms with van der Waals surface area (Å²) in [6.45, 7) is 14.5. The maximum atomic E-state index is 6.27. The Labute approximate surface area is 243 Å². The first-order chi connectivity index (χ1) is 18.8. The molecule has 3 aromatic rings. The van der Waals surface area contributed by atoms with Crippen LogP contribution in [0.3, 0.4) is 0 Å². The fraction of sp³-hybridized carbons (Fsp3) is 0.472. The average molecular weight is 633 g/mol. The summed E-state index contributed by atoms with van der Waals surface area (Å²) in [5.74, 6) is 0.699. The van der Waals surface area contributed by atoms with Crippen molar-refractivity contribution in [1.82, 2.24) is 4.98 Å². The number of ether oxygens (including phenoxy) is 1. The number of unbranched alkanes of at least 4 members (excludes halogenated alkanes) is 3. The van der Waals surface area contributed by atoms with Crippen LogP contribution in [0.4, 0.5) is 0 Å². The van der Waals surface area contributed by atoms with Gasteiger partial charge in [0.2, 0.25) is 0 Å². The number of benzene rings is 2. The molecule has 0 fully saturated rings. The van der Waals surface area contributed by atoms with Gasteiger partial charge in [0.05, 0.1) is 0 Å². The Bertz CT molecular complexity index is 1140. The molecule has 39 heavy (non-hydrogen) atoms. The van der Waals surface area contributed by atoms with E-state index >= 15 is 0 Å². The second-order valence-corrected chi connectivity index (χ2v) is 25.2. The van der Waals surface area contributed by atoms with E-state index in [0.29, 0.717) is 12.5 Å². The summed E-state index contributed by atoms with van der Waals surface area (Å²) in [6.07, 6.45) is 12.4. The molecule has 3 heteroatoms. The van der Waals surface area contributed by atoms with Gasteiger partial charge in [0.1, 0.15) is 0 Å². The Hall–Kier alpha value is -2.07. The second kappa shape index (κ2) is 15.6. The summed E-state index contributed by atoms with van der Waals surface area (Å²) in [5, 5.41) is 0. The number of nitrogens with zero attached hydrogens (tertiary/aromatic N) is 1. The van der Waals surface area contributed by atoms with E-state index in [1.807, 2.05) is 18.3 Å². The standard InChI is InChI=1S/C24H24NO.3C4H9.Sn/c1-5-18-14-20(16-21(15-18)24(2,3)4)22-12-9-13-25-23(22)26-17-19-10-7-6-8-11-19;3*1-3-4-2;/h1,5-16H,17H2,2-4H3;3*1,3-4H2,2H3;. The maximum absolute atomic E-state index is 6.27. The summed E-state index contributed by atoms with van der Waals surface area (Å²) in [6, 6.07) is 21.6. The van der Waals surface area contributed by atoms with Crippen molar-refractivity contribution in [2.24, 2.45) is 0 Å². The van der Waals surface area contributed by atoms with Crippen LogP contribution in [0.15, 0.2) is 71.0 Å². The van der Waals surface area contributed by atoms with Crippen molar-refractivity contribution in [2.75, 3.05) is 0 Å². The monoisotopic (exact) mass is 633 g/mol. The van der Waals surface area contributed by atoms with Crippen LogP contribution in [0.2, 0.25) is 13.3 Å². The Morgan fingerprint density at radius 3 is 2.03 bits per heavy atom. The van der Waals surface area contributed by atoms with Gasteiger partial charge in [-0.2, -0.15) is 0 Å². The van der Waals surface area contributed by atoms with Crippen LogP contribution in [-0.4, -0.2) is 23.4 Å². The molecule has 0 bridgehead atoms. The fourth-order valence-electron chi connectivity index (χ4n) is 5.27. The molecular weight excluding hydrogens is 581 g/mol. The topological polar surface area (TPSA) is 22.1 Å². The van der Waals surface area contributed by atoms with Crippen molar-refractivity contribution >= 4 is 24.5 Å². The molecular formula is C36H51NOSn. The van der Waals surface area contributed by atoms with Gasteiger partial charge in [-0.05, 0) is 0 Å². The van der Waals surface area contributed by atoms with E-state index in [0.717, 1.165) is 11.1 Å².